The van der Waals surface area contributed by atoms with Crippen LogP contribution < -0.4 is 0 Å². The van der Waals surface area contributed by atoms with E-state index in [4.69, 9.17) is 5.11 Å². The van der Waals surface area contributed by atoms with E-state index in [1.54, 1.807) is 0 Å². The van der Waals surface area contributed by atoms with Gasteiger partial charge in [0.15, 0.2) is 0 Å². The largest absolute Gasteiger partial charge is 0.465 e. The van der Waals surface area contributed by atoms with E-state index in [0.29, 0.717) is 0 Å². The Morgan fingerprint density at radius 2 is 1.84 bits per heavy atom. The molecule has 3 rings (SSSR count). The molecule has 0 radical (unpaired) electrons. The monoisotopic (exact) mass is 264 g/mol. The molecule has 0 spiro atoms. The lowest BCUT2D eigenvalue weighted by Gasteiger charge is -2.41. The Labute approximate surface area is 107 Å². The fourth-order valence-electron chi connectivity index (χ4n) is 2.34. The topological polar surface area (TPSA) is 77.9 Å². The van der Waals surface area contributed by atoms with Gasteiger partial charge < -0.3 is 10.0 Å². The summed E-state index contributed by atoms with van der Waals surface area (Å²) in [6.45, 7) is 0.201. The third-order valence-corrected chi connectivity index (χ3v) is 3.38. The third-order valence-electron chi connectivity index (χ3n) is 3.38. The van der Waals surface area contributed by atoms with Crippen molar-refractivity contribution < 1.29 is 23.9 Å². The maximum absolute atomic E-state index is 13.1. The molecule has 1 aromatic rings. The zero-order valence-electron chi connectivity index (χ0n) is 9.67. The highest BCUT2D eigenvalue weighted by Crippen LogP contribution is 2.28. The van der Waals surface area contributed by atoms with Gasteiger partial charge in [0.2, 0.25) is 0 Å². The maximum Gasteiger partial charge on any atom is 0.407 e. The van der Waals surface area contributed by atoms with E-state index in [1.807, 2.05) is 0 Å². The first-order valence-corrected chi connectivity index (χ1v) is 5.64. The Morgan fingerprint density at radius 1 is 1.21 bits per heavy atom. The minimum atomic E-state index is -1.08. The molecule has 7 heteroatoms. The van der Waals surface area contributed by atoms with Crippen LogP contribution in [0.1, 0.15) is 20.7 Å². The van der Waals surface area contributed by atoms with Crippen LogP contribution in [0.2, 0.25) is 0 Å². The van der Waals surface area contributed by atoms with Crippen LogP contribution in [0.25, 0.3) is 0 Å². The lowest BCUT2D eigenvalue weighted by atomic mass is 10.1. The summed E-state index contributed by atoms with van der Waals surface area (Å²) in [5, 5.41) is 8.72. The second-order valence-corrected chi connectivity index (χ2v) is 4.51. The van der Waals surface area contributed by atoms with E-state index in [9.17, 15) is 18.8 Å². The highest BCUT2D eigenvalue weighted by molar-refractivity contribution is 6.21. The van der Waals surface area contributed by atoms with Crippen LogP contribution in [0.3, 0.4) is 0 Å². The molecule has 0 aliphatic carbocycles. The number of amides is 3. The van der Waals surface area contributed by atoms with E-state index in [-0.39, 0.29) is 24.2 Å². The Bertz CT molecular complexity index is 610. The number of carbonyl (C=O) groups excluding carboxylic acids is 2. The van der Waals surface area contributed by atoms with E-state index in [1.165, 1.54) is 6.07 Å². The van der Waals surface area contributed by atoms with Crippen molar-refractivity contribution in [3.63, 3.8) is 0 Å². The van der Waals surface area contributed by atoms with E-state index >= 15 is 0 Å². The quantitative estimate of drug-likeness (QED) is 0.760. The summed E-state index contributed by atoms with van der Waals surface area (Å²) in [6, 6.07) is 2.96. The van der Waals surface area contributed by atoms with Crippen molar-refractivity contribution in [3.05, 3.63) is 35.1 Å². The lowest BCUT2D eigenvalue weighted by molar-refractivity contribution is 0.0290. The summed E-state index contributed by atoms with van der Waals surface area (Å²) in [5.41, 5.74) is 0.207. The number of hydrogen-bond acceptors (Lipinski definition) is 3. The minimum Gasteiger partial charge on any atom is -0.465 e. The summed E-state index contributed by atoms with van der Waals surface area (Å²) < 4.78 is 13.1. The van der Waals surface area contributed by atoms with Gasteiger partial charge in [-0.3, -0.25) is 14.5 Å². The summed E-state index contributed by atoms with van der Waals surface area (Å²) in [7, 11) is 0. The fraction of sp³-hybridized carbons (Fsp3) is 0.250. The number of fused-ring (bicyclic) bond motifs is 1. The molecule has 1 N–H and O–H groups in total. The lowest BCUT2D eigenvalue weighted by Crippen LogP contribution is -2.62. The van der Waals surface area contributed by atoms with Crippen LogP contribution in [0, 0.1) is 5.82 Å². The second kappa shape index (κ2) is 3.78. The first kappa shape index (κ1) is 11.6. The molecule has 0 bridgehead atoms. The van der Waals surface area contributed by atoms with Crippen molar-refractivity contribution in [2.24, 2.45) is 0 Å². The Morgan fingerprint density at radius 3 is 2.47 bits per heavy atom. The summed E-state index contributed by atoms with van der Waals surface area (Å²) >= 11 is 0. The van der Waals surface area contributed by atoms with Crippen LogP contribution in [0.4, 0.5) is 9.18 Å². The molecule has 0 aromatic heterocycles. The van der Waals surface area contributed by atoms with Crippen molar-refractivity contribution >= 4 is 17.9 Å². The number of imide groups is 1. The van der Waals surface area contributed by atoms with Crippen LogP contribution in [-0.2, 0) is 0 Å². The second-order valence-electron chi connectivity index (χ2n) is 4.51. The fourth-order valence-corrected chi connectivity index (χ4v) is 2.34. The molecule has 0 saturated carbocycles. The van der Waals surface area contributed by atoms with Gasteiger partial charge in [-0.15, -0.1) is 0 Å². The van der Waals surface area contributed by atoms with E-state index in [0.717, 1.165) is 21.9 Å². The van der Waals surface area contributed by atoms with Crippen LogP contribution in [0.15, 0.2) is 18.2 Å². The highest BCUT2D eigenvalue weighted by Gasteiger charge is 2.45. The summed E-state index contributed by atoms with van der Waals surface area (Å²) in [6.07, 6.45) is -1.08. The van der Waals surface area contributed by atoms with Crippen LogP contribution >= 0.6 is 0 Å². The zero-order valence-corrected chi connectivity index (χ0v) is 9.67. The number of benzene rings is 1. The molecule has 1 saturated heterocycles. The number of halogens is 1. The average molecular weight is 264 g/mol. The molecule has 19 heavy (non-hydrogen) atoms. The normalized spacial score (nSPS) is 18.6. The van der Waals surface area contributed by atoms with Gasteiger partial charge in [0.25, 0.3) is 11.8 Å². The average Bonchev–Trinajstić information content (AvgIpc) is 2.52. The van der Waals surface area contributed by atoms with Gasteiger partial charge in [-0.1, -0.05) is 0 Å². The van der Waals surface area contributed by atoms with E-state index in [2.05, 4.69) is 0 Å². The predicted molar refractivity (Wildman–Crippen MR) is 60.3 cm³/mol. The highest BCUT2D eigenvalue weighted by atomic mass is 19.1. The zero-order chi connectivity index (χ0) is 13.7. The van der Waals surface area contributed by atoms with Gasteiger partial charge in [0.1, 0.15) is 5.82 Å². The Kier molecular flexibility index (Phi) is 2.31. The molecule has 2 aliphatic heterocycles. The predicted octanol–water partition coefficient (Wildman–Crippen LogP) is 0.784. The van der Waals surface area contributed by atoms with Crippen molar-refractivity contribution in [1.29, 1.82) is 0 Å². The number of likely N-dealkylation sites (tertiary alicyclic amines) is 1. The number of carboxylic acid groups (broad SMARTS) is 1. The van der Waals surface area contributed by atoms with Crippen LogP contribution in [-0.4, -0.2) is 51.9 Å². The van der Waals surface area contributed by atoms with E-state index < -0.39 is 29.8 Å². The molecule has 2 heterocycles. The van der Waals surface area contributed by atoms with Gasteiger partial charge in [0, 0.05) is 13.1 Å². The van der Waals surface area contributed by atoms with Gasteiger partial charge in [0.05, 0.1) is 17.2 Å². The molecule has 1 fully saturated rings. The Hall–Kier alpha value is -2.44. The molecule has 1 aromatic carbocycles. The first-order chi connectivity index (χ1) is 8.99. The summed E-state index contributed by atoms with van der Waals surface area (Å²) in [5.74, 6) is -1.63. The molecule has 6 nitrogen and oxygen atoms in total. The molecule has 3 amide bonds. The van der Waals surface area contributed by atoms with Crippen molar-refractivity contribution in [2.75, 3.05) is 13.1 Å². The number of hydrogen-bond donors (Lipinski definition) is 1. The van der Waals surface area contributed by atoms with Crippen molar-refractivity contribution in [3.8, 4) is 0 Å². The minimum absolute atomic E-state index is 0.0405. The number of rotatable bonds is 1. The van der Waals surface area contributed by atoms with Crippen molar-refractivity contribution in [1.82, 2.24) is 9.80 Å². The molecule has 0 atom stereocenters. The van der Waals surface area contributed by atoms with Crippen LogP contribution in [0.5, 0.6) is 0 Å². The first-order valence-electron chi connectivity index (χ1n) is 5.64. The van der Waals surface area contributed by atoms with Gasteiger partial charge >= 0.3 is 6.09 Å². The standard InChI is InChI=1S/C12H9FN2O4/c13-6-1-2-8-9(3-6)11(17)15(10(8)16)7-4-14(5-7)12(18)19/h1-3,7H,4-5H2,(H,18,19). The SMILES string of the molecule is O=C(O)N1CC(N2C(=O)c3ccc(F)cc3C2=O)C1. The Balaban J connectivity index is 1.86. The molecular weight excluding hydrogens is 255 g/mol. The summed E-state index contributed by atoms with van der Waals surface area (Å²) in [4.78, 5) is 36.9. The number of carbonyl (C=O) groups is 3. The molecule has 98 valence electrons. The smallest absolute Gasteiger partial charge is 0.407 e. The molecule has 2 aliphatic rings. The van der Waals surface area contributed by atoms with Crippen molar-refractivity contribution in [2.45, 2.75) is 6.04 Å². The van der Waals surface area contributed by atoms with Gasteiger partial charge in [-0.05, 0) is 18.2 Å². The number of nitrogens with zero attached hydrogens (tertiary/aromatic N) is 2. The molecule has 0 unspecified atom stereocenters. The third kappa shape index (κ3) is 1.58. The molecular formula is C12H9FN2O4. The maximum atomic E-state index is 13.1. The van der Waals surface area contributed by atoms with Gasteiger partial charge in [-0.25, -0.2) is 9.18 Å². The van der Waals surface area contributed by atoms with Gasteiger partial charge in [-0.2, -0.15) is 0 Å².